The molecule has 0 aromatic heterocycles. The van der Waals surface area contributed by atoms with Crippen molar-refractivity contribution in [1.29, 1.82) is 0 Å². The van der Waals surface area contributed by atoms with Crippen LogP contribution in [0.5, 0.6) is 0 Å². The molecule has 0 amide bonds. The molecule has 1 aromatic rings. The molecule has 0 saturated carbocycles. The van der Waals surface area contributed by atoms with Crippen LogP contribution in [0.3, 0.4) is 0 Å². The van der Waals surface area contributed by atoms with Crippen molar-refractivity contribution < 1.29 is 4.39 Å². The van der Waals surface area contributed by atoms with Gasteiger partial charge >= 0.3 is 0 Å². The largest absolute Gasteiger partial charge is 0.241 e. The molecule has 0 bridgehead atoms. The predicted molar refractivity (Wildman–Crippen MR) is 48.8 cm³/mol. The van der Waals surface area contributed by atoms with E-state index >= 15 is 0 Å². The van der Waals surface area contributed by atoms with Crippen molar-refractivity contribution in [1.82, 2.24) is 0 Å². The molecule has 2 heteroatoms. The van der Waals surface area contributed by atoms with E-state index in [2.05, 4.69) is 15.9 Å². The Morgan fingerprint density at radius 1 is 1.55 bits per heavy atom. The second-order valence-electron chi connectivity index (χ2n) is 2.54. The van der Waals surface area contributed by atoms with E-state index in [1.54, 1.807) is 6.07 Å². The zero-order valence-corrected chi connectivity index (χ0v) is 7.94. The lowest BCUT2D eigenvalue weighted by Gasteiger charge is -2.04. The highest BCUT2D eigenvalue weighted by molar-refractivity contribution is 9.09. The van der Waals surface area contributed by atoms with Crippen molar-refractivity contribution >= 4 is 15.9 Å². The number of aryl methyl sites for hydroxylation is 1. The lowest BCUT2D eigenvalue weighted by Crippen LogP contribution is -1.92. The summed E-state index contributed by atoms with van der Waals surface area (Å²) >= 11 is 3.10. The highest BCUT2D eigenvalue weighted by Crippen LogP contribution is 2.19. The van der Waals surface area contributed by atoms with Crippen molar-refractivity contribution in [2.24, 2.45) is 0 Å². The first-order chi connectivity index (χ1) is 5.24. The Kier molecular flexibility index (Phi) is 3.06. The van der Waals surface area contributed by atoms with Crippen LogP contribution in [0.2, 0.25) is 0 Å². The second-order valence-corrected chi connectivity index (χ2v) is 3.18. The molecule has 0 nitrogen and oxygen atoms in total. The van der Waals surface area contributed by atoms with Gasteiger partial charge in [-0.25, -0.2) is 4.39 Å². The van der Waals surface area contributed by atoms with Gasteiger partial charge in [-0.3, -0.25) is 0 Å². The fraction of sp³-hybridized carbons (Fsp3) is 0.333. The van der Waals surface area contributed by atoms with Gasteiger partial charge in [0.15, 0.2) is 0 Å². The zero-order chi connectivity index (χ0) is 8.27. The standard InChI is InChI=1S/C9H10BrF/c1-7-3-2-4-8(5-7)9(11)6-10/h2-5,9H,6H2,1H3. The van der Waals surface area contributed by atoms with Crippen molar-refractivity contribution in [3.05, 3.63) is 35.4 Å². The van der Waals surface area contributed by atoms with Crippen LogP contribution in [0.15, 0.2) is 24.3 Å². The monoisotopic (exact) mass is 216 g/mol. The Hall–Kier alpha value is -0.370. The Bertz CT molecular complexity index is 235. The Labute approximate surface area is 74.6 Å². The van der Waals surface area contributed by atoms with Crippen LogP contribution in [0.4, 0.5) is 4.39 Å². The second kappa shape index (κ2) is 3.86. The maximum absolute atomic E-state index is 13.0. The quantitative estimate of drug-likeness (QED) is 0.666. The van der Waals surface area contributed by atoms with Crippen LogP contribution in [-0.4, -0.2) is 5.33 Å². The maximum atomic E-state index is 13.0. The third kappa shape index (κ3) is 2.29. The number of halogens is 2. The predicted octanol–water partition coefficient (Wildman–Crippen LogP) is 3.40. The normalized spacial score (nSPS) is 13.0. The van der Waals surface area contributed by atoms with Crippen molar-refractivity contribution in [3.8, 4) is 0 Å². The van der Waals surface area contributed by atoms with E-state index in [1.807, 2.05) is 25.1 Å². The topological polar surface area (TPSA) is 0 Å². The Balaban J connectivity index is 2.86. The molecule has 0 N–H and O–H groups in total. The van der Waals surface area contributed by atoms with E-state index in [4.69, 9.17) is 0 Å². The number of hydrogen-bond acceptors (Lipinski definition) is 0. The van der Waals surface area contributed by atoms with E-state index in [9.17, 15) is 4.39 Å². The molecule has 0 heterocycles. The summed E-state index contributed by atoms with van der Waals surface area (Å²) in [7, 11) is 0. The van der Waals surface area contributed by atoms with Gasteiger partial charge in [-0.2, -0.15) is 0 Å². The minimum absolute atomic E-state index is 0.371. The summed E-state index contributed by atoms with van der Waals surface area (Å²) in [6, 6.07) is 7.51. The average Bonchev–Trinajstić information content (AvgIpc) is 2.03. The molecule has 0 spiro atoms. The minimum atomic E-state index is -0.880. The SMILES string of the molecule is Cc1cccc(C(F)CBr)c1. The first-order valence-corrected chi connectivity index (χ1v) is 4.63. The summed E-state index contributed by atoms with van der Waals surface area (Å²) in [6.07, 6.45) is -0.880. The highest BCUT2D eigenvalue weighted by Gasteiger charge is 2.06. The molecule has 0 aliphatic carbocycles. The van der Waals surface area contributed by atoms with Gasteiger partial charge in [0.2, 0.25) is 0 Å². The molecule has 0 aliphatic heterocycles. The zero-order valence-electron chi connectivity index (χ0n) is 6.35. The van der Waals surface area contributed by atoms with Crippen LogP contribution in [0, 0.1) is 6.92 Å². The summed E-state index contributed by atoms with van der Waals surface area (Å²) in [5.74, 6) is 0. The molecule has 0 aliphatic rings. The van der Waals surface area contributed by atoms with Crippen molar-refractivity contribution in [3.63, 3.8) is 0 Å². The van der Waals surface area contributed by atoms with Crippen LogP contribution < -0.4 is 0 Å². The smallest absolute Gasteiger partial charge is 0.135 e. The first-order valence-electron chi connectivity index (χ1n) is 3.50. The average molecular weight is 217 g/mol. The van der Waals surface area contributed by atoms with Gasteiger partial charge in [-0.05, 0) is 12.5 Å². The van der Waals surface area contributed by atoms with Crippen LogP contribution in [0.1, 0.15) is 17.3 Å². The molecule has 11 heavy (non-hydrogen) atoms. The van der Waals surface area contributed by atoms with Gasteiger partial charge in [-0.1, -0.05) is 45.8 Å². The van der Waals surface area contributed by atoms with Crippen LogP contribution in [0.25, 0.3) is 0 Å². The van der Waals surface area contributed by atoms with Gasteiger partial charge in [0.25, 0.3) is 0 Å². The van der Waals surface area contributed by atoms with Crippen LogP contribution in [-0.2, 0) is 0 Å². The molecule has 1 rings (SSSR count). The Morgan fingerprint density at radius 2 is 2.27 bits per heavy atom. The Morgan fingerprint density at radius 3 is 2.82 bits per heavy atom. The summed E-state index contributed by atoms with van der Waals surface area (Å²) in [6.45, 7) is 1.96. The summed E-state index contributed by atoms with van der Waals surface area (Å²) in [4.78, 5) is 0. The van der Waals surface area contributed by atoms with E-state index in [0.717, 1.165) is 11.1 Å². The molecule has 60 valence electrons. The van der Waals surface area contributed by atoms with Gasteiger partial charge in [-0.15, -0.1) is 0 Å². The van der Waals surface area contributed by atoms with E-state index < -0.39 is 6.17 Å². The molecule has 0 fully saturated rings. The minimum Gasteiger partial charge on any atom is -0.241 e. The third-order valence-corrected chi connectivity index (χ3v) is 2.11. The fourth-order valence-corrected chi connectivity index (χ4v) is 1.33. The lowest BCUT2D eigenvalue weighted by atomic mass is 10.1. The maximum Gasteiger partial charge on any atom is 0.135 e. The summed E-state index contributed by atoms with van der Waals surface area (Å²) in [5.41, 5.74) is 1.85. The number of benzene rings is 1. The van der Waals surface area contributed by atoms with Gasteiger partial charge < -0.3 is 0 Å². The van der Waals surface area contributed by atoms with E-state index in [1.165, 1.54) is 0 Å². The van der Waals surface area contributed by atoms with Crippen molar-refractivity contribution in [2.75, 3.05) is 5.33 Å². The number of hydrogen-bond donors (Lipinski definition) is 0. The van der Waals surface area contributed by atoms with Crippen molar-refractivity contribution in [2.45, 2.75) is 13.1 Å². The molecular weight excluding hydrogens is 207 g/mol. The van der Waals surface area contributed by atoms with E-state index in [-0.39, 0.29) is 0 Å². The molecule has 1 atom stereocenters. The molecule has 1 aromatic carbocycles. The first kappa shape index (κ1) is 8.72. The summed E-state index contributed by atoms with van der Waals surface area (Å²) in [5, 5.41) is 0.371. The van der Waals surface area contributed by atoms with Gasteiger partial charge in [0, 0.05) is 5.33 Å². The number of rotatable bonds is 2. The number of alkyl halides is 2. The molecular formula is C9H10BrF. The van der Waals surface area contributed by atoms with Crippen LogP contribution >= 0.6 is 15.9 Å². The van der Waals surface area contributed by atoms with Gasteiger partial charge in [0.05, 0.1) is 0 Å². The van der Waals surface area contributed by atoms with Gasteiger partial charge in [0.1, 0.15) is 6.17 Å². The summed E-state index contributed by atoms with van der Waals surface area (Å²) < 4.78 is 13.0. The molecule has 0 radical (unpaired) electrons. The molecule has 1 unspecified atom stereocenters. The molecule has 0 saturated heterocycles. The third-order valence-electron chi connectivity index (χ3n) is 1.54. The highest BCUT2D eigenvalue weighted by atomic mass is 79.9. The van der Waals surface area contributed by atoms with E-state index in [0.29, 0.717) is 5.33 Å². The fourth-order valence-electron chi connectivity index (χ4n) is 0.954. The lowest BCUT2D eigenvalue weighted by molar-refractivity contribution is 0.382.